The van der Waals surface area contributed by atoms with E-state index >= 15 is 0 Å². The van der Waals surface area contributed by atoms with E-state index in [9.17, 15) is 9.18 Å². The van der Waals surface area contributed by atoms with Crippen molar-refractivity contribution in [3.8, 4) is 17.1 Å². The summed E-state index contributed by atoms with van der Waals surface area (Å²) in [5.74, 6) is -0.297. The molecular formula is C18H13FN6OS. The van der Waals surface area contributed by atoms with Crippen LogP contribution in [0.25, 0.3) is 17.1 Å². The smallest absolute Gasteiger partial charge is 0.295 e. The van der Waals surface area contributed by atoms with Crippen molar-refractivity contribution in [3.05, 3.63) is 71.5 Å². The fourth-order valence-electron chi connectivity index (χ4n) is 2.43. The molecule has 0 spiro atoms. The summed E-state index contributed by atoms with van der Waals surface area (Å²) in [5, 5.41) is 9.14. The number of thiazole rings is 1. The fraction of sp³-hybridized carbons (Fsp3) is 0.0556. The monoisotopic (exact) mass is 380 g/mol. The van der Waals surface area contributed by atoms with E-state index in [0.29, 0.717) is 22.3 Å². The van der Waals surface area contributed by atoms with E-state index in [0.717, 1.165) is 5.69 Å². The van der Waals surface area contributed by atoms with Crippen molar-refractivity contribution in [3.63, 3.8) is 0 Å². The Morgan fingerprint density at radius 1 is 1.11 bits per heavy atom. The molecule has 0 atom stereocenters. The Morgan fingerprint density at radius 2 is 1.93 bits per heavy atom. The number of amides is 1. The minimum absolute atomic E-state index is 0.00594. The SMILES string of the molecule is Cc1nc(C(=O)Nc2nc(-c3ccccn3)cs2)nn1-c1ccc(F)cc1. The molecule has 3 aromatic heterocycles. The summed E-state index contributed by atoms with van der Waals surface area (Å²) < 4.78 is 14.6. The van der Waals surface area contributed by atoms with Gasteiger partial charge in [0, 0.05) is 11.6 Å². The summed E-state index contributed by atoms with van der Waals surface area (Å²) in [5.41, 5.74) is 2.02. The van der Waals surface area contributed by atoms with Crippen LogP contribution in [0.2, 0.25) is 0 Å². The second kappa shape index (κ2) is 7.04. The third-order valence-electron chi connectivity index (χ3n) is 3.70. The van der Waals surface area contributed by atoms with E-state index in [4.69, 9.17) is 0 Å². The highest BCUT2D eigenvalue weighted by molar-refractivity contribution is 7.14. The lowest BCUT2D eigenvalue weighted by atomic mass is 10.3. The number of benzene rings is 1. The van der Waals surface area contributed by atoms with Gasteiger partial charge in [-0.1, -0.05) is 6.07 Å². The largest absolute Gasteiger partial charge is 0.297 e. The lowest BCUT2D eigenvalue weighted by Gasteiger charge is -2.01. The quantitative estimate of drug-likeness (QED) is 0.586. The van der Waals surface area contributed by atoms with E-state index in [1.807, 2.05) is 23.6 Å². The highest BCUT2D eigenvalue weighted by Crippen LogP contribution is 2.23. The highest BCUT2D eigenvalue weighted by atomic mass is 32.1. The molecule has 0 bridgehead atoms. The standard InChI is InChI=1S/C18H13FN6OS/c1-11-21-16(24-25(11)13-7-5-12(19)6-8-13)17(26)23-18-22-15(10-27-18)14-4-2-3-9-20-14/h2-10H,1H3,(H,22,23,26). The zero-order chi connectivity index (χ0) is 18.8. The van der Waals surface area contributed by atoms with Gasteiger partial charge in [-0.05, 0) is 43.3 Å². The molecule has 27 heavy (non-hydrogen) atoms. The summed E-state index contributed by atoms with van der Waals surface area (Å²) in [6, 6.07) is 11.3. The van der Waals surface area contributed by atoms with E-state index < -0.39 is 5.91 Å². The maximum atomic E-state index is 13.1. The van der Waals surface area contributed by atoms with Gasteiger partial charge in [-0.3, -0.25) is 15.1 Å². The summed E-state index contributed by atoms with van der Waals surface area (Å²) in [4.78, 5) is 25.2. The molecule has 1 amide bonds. The molecule has 0 fully saturated rings. The van der Waals surface area contributed by atoms with Crippen molar-refractivity contribution in [1.82, 2.24) is 24.7 Å². The van der Waals surface area contributed by atoms with Crippen LogP contribution in [-0.2, 0) is 0 Å². The lowest BCUT2D eigenvalue weighted by molar-refractivity contribution is 0.101. The lowest BCUT2D eigenvalue weighted by Crippen LogP contribution is -2.14. The molecule has 0 aliphatic heterocycles. The molecule has 9 heteroatoms. The number of pyridine rings is 1. The van der Waals surface area contributed by atoms with Crippen molar-refractivity contribution in [2.24, 2.45) is 0 Å². The predicted octanol–water partition coefficient (Wildman–Crippen LogP) is 3.49. The molecule has 0 saturated heterocycles. The fourth-order valence-corrected chi connectivity index (χ4v) is 3.13. The number of hydrogen-bond acceptors (Lipinski definition) is 6. The Balaban J connectivity index is 1.53. The molecule has 0 aliphatic carbocycles. The Hall–Kier alpha value is -3.46. The highest BCUT2D eigenvalue weighted by Gasteiger charge is 2.17. The van der Waals surface area contributed by atoms with Gasteiger partial charge in [0.1, 0.15) is 17.3 Å². The number of aryl methyl sites for hydroxylation is 1. The molecule has 1 N–H and O–H groups in total. The van der Waals surface area contributed by atoms with Crippen LogP contribution < -0.4 is 5.32 Å². The molecule has 134 valence electrons. The van der Waals surface area contributed by atoms with Gasteiger partial charge in [-0.2, -0.15) is 0 Å². The molecular weight excluding hydrogens is 367 g/mol. The second-order valence-corrected chi connectivity index (χ2v) is 6.44. The maximum Gasteiger partial charge on any atom is 0.297 e. The van der Waals surface area contributed by atoms with E-state index in [2.05, 4.69) is 25.4 Å². The normalized spacial score (nSPS) is 10.7. The first-order valence-corrected chi connectivity index (χ1v) is 8.86. The third kappa shape index (κ3) is 3.58. The number of nitrogens with zero attached hydrogens (tertiary/aromatic N) is 5. The first kappa shape index (κ1) is 17.0. The Bertz CT molecular complexity index is 1090. The van der Waals surface area contributed by atoms with Crippen molar-refractivity contribution >= 4 is 22.4 Å². The number of aromatic nitrogens is 5. The molecule has 0 radical (unpaired) electrons. The van der Waals surface area contributed by atoms with Crippen molar-refractivity contribution < 1.29 is 9.18 Å². The summed E-state index contributed by atoms with van der Waals surface area (Å²) >= 11 is 1.29. The van der Waals surface area contributed by atoms with Gasteiger partial charge < -0.3 is 0 Å². The van der Waals surface area contributed by atoms with Gasteiger partial charge in [-0.15, -0.1) is 16.4 Å². The Kier molecular flexibility index (Phi) is 4.43. The minimum atomic E-state index is -0.471. The molecule has 0 unspecified atom stereocenters. The number of halogens is 1. The van der Waals surface area contributed by atoms with E-state index in [-0.39, 0.29) is 11.6 Å². The van der Waals surface area contributed by atoms with Gasteiger partial charge in [0.05, 0.1) is 11.4 Å². The van der Waals surface area contributed by atoms with Crippen LogP contribution in [0.5, 0.6) is 0 Å². The van der Waals surface area contributed by atoms with Crippen LogP contribution >= 0.6 is 11.3 Å². The number of anilines is 1. The van der Waals surface area contributed by atoms with Gasteiger partial charge >= 0.3 is 0 Å². The number of carbonyl (C=O) groups is 1. The minimum Gasteiger partial charge on any atom is -0.295 e. The average Bonchev–Trinajstić information content (AvgIpc) is 3.30. The second-order valence-electron chi connectivity index (χ2n) is 5.58. The number of hydrogen-bond donors (Lipinski definition) is 1. The van der Waals surface area contributed by atoms with Gasteiger partial charge in [0.2, 0.25) is 5.82 Å². The molecule has 0 aliphatic rings. The third-order valence-corrected chi connectivity index (χ3v) is 4.45. The molecule has 0 saturated carbocycles. The topological polar surface area (TPSA) is 85.6 Å². The van der Waals surface area contributed by atoms with Crippen molar-refractivity contribution in [2.75, 3.05) is 5.32 Å². The average molecular weight is 380 g/mol. The number of nitrogens with one attached hydrogen (secondary N) is 1. The van der Waals surface area contributed by atoms with E-state index in [1.165, 1.54) is 28.2 Å². The molecule has 7 nitrogen and oxygen atoms in total. The molecule has 4 aromatic rings. The molecule has 3 heterocycles. The van der Waals surface area contributed by atoms with Crippen LogP contribution in [0, 0.1) is 12.7 Å². The van der Waals surface area contributed by atoms with Gasteiger partial charge in [0.25, 0.3) is 5.91 Å². The maximum absolute atomic E-state index is 13.1. The first-order valence-electron chi connectivity index (χ1n) is 7.98. The van der Waals surface area contributed by atoms with Crippen LogP contribution in [0.4, 0.5) is 9.52 Å². The predicted molar refractivity (Wildman–Crippen MR) is 99.4 cm³/mol. The molecule has 4 rings (SSSR count). The van der Waals surface area contributed by atoms with E-state index in [1.54, 1.807) is 25.3 Å². The van der Waals surface area contributed by atoms with Crippen LogP contribution in [0.1, 0.15) is 16.4 Å². The number of rotatable bonds is 4. The van der Waals surface area contributed by atoms with Crippen molar-refractivity contribution in [2.45, 2.75) is 6.92 Å². The Morgan fingerprint density at radius 3 is 2.67 bits per heavy atom. The van der Waals surface area contributed by atoms with Crippen LogP contribution in [0.3, 0.4) is 0 Å². The summed E-state index contributed by atoms with van der Waals surface area (Å²) in [6.07, 6.45) is 1.68. The molecule has 1 aromatic carbocycles. The number of carbonyl (C=O) groups excluding carboxylic acids is 1. The van der Waals surface area contributed by atoms with Crippen LogP contribution in [0.15, 0.2) is 54.0 Å². The summed E-state index contributed by atoms with van der Waals surface area (Å²) in [7, 11) is 0. The van der Waals surface area contributed by atoms with Gasteiger partial charge in [-0.25, -0.2) is 19.0 Å². The van der Waals surface area contributed by atoms with Crippen LogP contribution in [-0.4, -0.2) is 30.6 Å². The van der Waals surface area contributed by atoms with Gasteiger partial charge in [0.15, 0.2) is 5.13 Å². The van der Waals surface area contributed by atoms with Crippen molar-refractivity contribution in [1.29, 1.82) is 0 Å². The Labute approximate surface area is 157 Å². The zero-order valence-electron chi connectivity index (χ0n) is 14.1. The first-order chi connectivity index (χ1) is 13.1. The summed E-state index contributed by atoms with van der Waals surface area (Å²) in [6.45, 7) is 1.72. The zero-order valence-corrected chi connectivity index (χ0v) is 14.9.